The Balaban J connectivity index is 2.31. The molecule has 0 saturated carbocycles. The number of anilines is 1. The van der Waals surface area contributed by atoms with E-state index < -0.39 is 23.4 Å². The van der Waals surface area contributed by atoms with E-state index in [4.69, 9.17) is 5.11 Å². The number of aromatic carboxylic acids is 1. The molecule has 0 aliphatic rings. The van der Waals surface area contributed by atoms with Gasteiger partial charge in [-0.1, -0.05) is 0 Å². The second-order valence-electron chi connectivity index (χ2n) is 3.61. The second-order valence-corrected chi connectivity index (χ2v) is 3.61. The van der Waals surface area contributed by atoms with Crippen molar-refractivity contribution in [2.24, 2.45) is 0 Å². The summed E-state index contributed by atoms with van der Waals surface area (Å²) < 4.78 is 12.9. The number of carbonyl (C=O) groups is 2. The molecule has 0 aliphatic heterocycles. The molecular formula is C11H8FN3O4. The highest BCUT2D eigenvalue weighted by Gasteiger charge is 2.15. The summed E-state index contributed by atoms with van der Waals surface area (Å²) in [5.74, 6) is -2.82. The average Bonchev–Trinajstić information content (AvgIpc) is 2.78. The number of H-pyrrole nitrogens is 2. The fraction of sp³-hybridized carbons (Fsp3) is 0. The van der Waals surface area contributed by atoms with Crippen LogP contribution >= 0.6 is 0 Å². The number of aromatic amines is 2. The molecule has 0 radical (unpaired) electrons. The number of hydrogen-bond acceptors (Lipinski definition) is 3. The molecule has 0 saturated heterocycles. The molecule has 2 aromatic rings. The smallest absolute Gasteiger partial charge is 0.337 e. The molecular weight excluding hydrogens is 257 g/mol. The number of hydrogen-bond donors (Lipinski definition) is 4. The Morgan fingerprint density at radius 3 is 2.63 bits per heavy atom. The van der Waals surface area contributed by atoms with Crippen LogP contribution in [0.15, 0.2) is 29.2 Å². The van der Waals surface area contributed by atoms with Gasteiger partial charge in [0.15, 0.2) is 0 Å². The van der Waals surface area contributed by atoms with Gasteiger partial charge in [0.1, 0.15) is 11.5 Å². The Bertz CT molecular complexity index is 704. The Morgan fingerprint density at radius 1 is 1.32 bits per heavy atom. The van der Waals surface area contributed by atoms with Gasteiger partial charge in [-0.15, -0.1) is 0 Å². The van der Waals surface area contributed by atoms with Crippen molar-refractivity contribution in [2.75, 3.05) is 5.32 Å². The molecule has 0 aliphatic carbocycles. The lowest BCUT2D eigenvalue weighted by Gasteiger charge is -2.07. The van der Waals surface area contributed by atoms with Crippen molar-refractivity contribution < 1.29 is 19.1 Å². The van der Waals surface area contributed by atoms with Crippen LogP contribution in [-0.2, 0) is 0 Å². The molecule has 0 atom stereocenters. The van der Waals surface area contributed by atoms with E-state index in [1.54, 1.807) is 0 Å². The zero-order valence-corrected chi connectivity index (χ0v) is 9.36. The molecule has 2 rings (SSSR count). The van der Waals surface area contributed by atoms with E-state index in [2.05, 4.69) is 15.3 Å². The van der Waals surface area contributed by atoms with E-state index in [1.807, 2.05) is 0 Å². The van der Waals surface area contributed by atoms with Gasteiger partial charge >= 0.3 is 11.7 Å². The van der Waals surface area contributed by atoms with Gasteiger partial charge in [-0.25, -0.2) is 14.0 Å². The van der Waals surface area contributed by atoms with E-state index in [-0.39, 0.29) is 16.9 Å². The molecule has 4 N–H and O–H groups in total. The van der Waals surface area contributed by atoms with Crippen LogP contribution in [0.4, 0.5) is 10.1 Å². The molecule has 98 valence electrons. The van der Waals surface area contributed by atoms with Gasteiger partial charge in [-0.05, 0) is 18.2 Å². The van der Waals surface area contributed by atoms with Crippen molar-refractivity contribution in [1.82, 2.24) is 9.97 Å². The van der Waals surface area contributed by atoms with E-state index in [1.165, 1.54) is 0 Å². The van der Waals surface area contributed by atoms with Crippen LogP contribution in [0.5, 0.6) is 0 Å². The van der Waals surface area contributed by atoms with Crippen LogP contribution in [0.25, 0.3) is 0 Å². The minimum atomic E-state index is -1.38. The molecule has 0 bridgehead atoms. The van der Waals surface area contributed by atoms with Crippen molar-refractivity contribution in [2.45, 2.75) is 0 Å². The van der Waals surface area contributed by atoms with Gasteiger partial charge < -0.3 is 20.4 Å². The fourth-order valence-corrected chi connectivity index (χ4v) is 1.45. The van der Waals surface area contributed by atoms with Gasteiger partial charge in [0.2, 0.25) is 0 Å². The Morgan fingerprint density at radius 2 is 2.05 bits per heavy atom. The normalized spacial score (nSPS) is 10.2. The SMILES string of the molecule is O=C(Nc1ccc(F)cc1C(=O)O)c1c[nH]c(=O)[nH]1. The first-order valence-electron chi connectivity index (χ1n) is 5.09. The van der Waals surface area contributed by atoms with Crippen molar-refractivity contribution in [3.05, 3.63) is 52.0 Å². The van der Waals surface area contributed by atoms with Crippen molar-refractivity contribution in [3.8, 4) is 0 Å². The topological polar surface area (TPSA) is 115 Å². The quantitative estimate of drug-likeness (QED) is 0.656. The number of carboxylic acid groups (broad SMARTS) is 1. The lowest BCUT2D eigenvalue weighted by molar-refractivity contribution is 0.0697. The van der Waals surface area contributed by atoms with Gasteiger partial charge in [0, 0.05) is 6.20 Å². The van der Waals surface area contributed by atoms with Crippen LogP contribution in [0, 0.1) is 5.82 Å². The maximum Gasteiger partial charge on any atom is 0.337 e. The highest BCUT2D eigenvalue weighted by atomic mass is 19.1. The zero-order valence-electron chi connectivity index (χ0n) is 9.36. The Labute approximate surface area is 105 Å². The first-order chi connectivity index (χ1) is 8.97. The van der Waals surface area contributed by atoms with Gasteiger partial charge in [0.05, 0.1) is 11.3 Å². The highest BCUT2D eigenvalue weighted by Crippen LogP contribution is 2.17. The summed E-state index contributed by atoms with van der Waals surface area (Å²) in [4.78, 5) is 37.9. The third-order valence-electron chi connectivity index (χ3n) is 2.30. The molecule has 1 amide bonds. The number of amides is 1. The molecule has 19 heavy (non-hydrogen) atoms. The van der Waals surface area contributed by atoms with Crippen LogP contribution in [0.2, 0.25) is 0 Å². The van der Waals surface area contributed by atoms with Crippen LogP contribution in [0.1, 0.15) is 20.8 Å². The van der Waals surface area contributed by atoms with E-state index in [9.17, 15) is 18.8 Å². The van der Waals surface area contributed by atoms with Gasteiger partial charge in [-0.2, -0.15) is 0 Å². The molecule has 0 fully saturated rings. The fourth-order valence-electron chi connectivity index (χ4n) is 1.45. The number of carbonyl (C=O) groups excluding carboxylic acids is 1. The summed E-state index contributed by atoms with van der Waals surface area (Å²) in [6.45, 7) is 0. The summed E-state index contributed by atoms with van der Waals surface area (Å²) in [5, 5.41) is 11.2. The molecule has 7 nitrogen and oxygen atoms in total. The third kappa shape index (κ3) is 2.68. The Hall–Kier alpha value is -2.90. The minimum absolute atomic E-state index is 0.0642. The first kappa shape index (κ1) is 12.6. The van der Waals surface area contributed by atoms with Crippen molar-refractivity contribution in [1.29, 1.82) is 0 Å². The van der Waals surface area contributed by atoms with E-state index in [0.29, 0.717) is 0 Å². The summed E-state index contributed by atoms with van der Waals surface area (Å²) in [6.07, 6.45) is 1.14. The van der Waals surface area contributed by atoms with E-state index in [0.717, 1.165) is 24.4 Å². The third-order valence-corrected chi connectivity index (χ3v) is 2.30. The van der Waals surface area contributed by atoms with Crippen molar-refractivity contribution >= 4 is 17.6 Å². The first-order valence-corrected chi connectivity index (χ1v) is 5.09. The average molecular weight is 265 g/mol. The Kier molecular flexibility index (Phi) is 3.15. The highest BCUT2D eigenvalue weighted by molar-refractivity contribution is 6.06. The number of carboxylic acids is 1. The van der Waals surface area contributed by atoms with Gasteiger partial charge in [0.25, 0.3) is 5.91 Å². The van der Waals surface area contributed by atoms with E-state index >= 15 is 0 Å². The molecule has 0 unspecified atom stereocenters. The molecule has 1 aromatic heterocycles. The number of halogens is 1. The summed E-state index contributed by atoms with van der Waals surface area (Å²) in [6, 6.07) is 2.93. The zero-order chi connectivity index (χ0) is 14.0. The minimum Gasteiger partial charge on any atom is -0.478 e. The molecule has 8 heteroatoms. The van der Waals surface area contributed by atoms with Crippen LogP contribution in [-0.4, -0.2) is 27.0 Å². The summed E-state index contributed by atoms with van der Waals surface area (Å²) >= 11 is 0. The summed E-state index contributed by atoms with van der Waals surface area (Å²) in [5.41, 5.74) is -1.08. The molecule has 1 heterocycles. The number of imidazole rings is 1. The maximum absolute atomic E-state index is 12.9. The van der Waals surface area contributed by atoms with Crippen molar-refractivity contribution in [3.63, 3.8) is 0 Å². The predicted molar refractivity (Wildman–Crippen MR) is 62.7 cm³/mol. The molecule has 1 aromatic carbocycles. The lowest BCUT2D eigenvalue weighted by atomic mass is 10.1. The van der Waals surface area contributed by atoms with Gasteiger partial charge in [-0.3, -0.25) is 4.79 Å². The monoisotopic (exact) mass is 265 g/mol. The number of aromatic nitrogens is 2. The number of benzene rings is 1. The second kappa shape index (κ2) is 4.77. The number of nitrogens with one attached hydrogen (secondary N) is 3. The lowest BCUT2D eigenvalue weighted by Crippen LogP contribution is -2.16. The number of rotatable bonds is 3. The standard InChI is InChI=1S/C11H8FN3O4/c12-5-1-2-7(6(3-5)10(17)18)14-9(16)8-4-13-11(19)15-8/h1-4H,(H,14,16)(H,17,18)(H2,13,15,19). The van der Waals surface area contributed by atoms with Crippen LogP contribution < -0.4 is 11.0 Å². The van der Waals surface area contributed by atoms with Crippen LogP contribution in [0.3, 0.4) is 0 Å². The molecule has 0 spiro atoms. The largest absolute Gasteiger partial charge is 0.478 e. The predicted octanol–water partition coefficient (Wildman–Crippen LogP) is 0.793. The summed E-state index contributed by atoms with van der Waals surface area (Å²) in [7, 11) is 0. The maximum atomic E-state index is 12.9.